The zero-order valence-electron chi connectivity index (χ0n) is 31.8. The van der Waals surface area contributed by atoms with Crippen LogP contribution in [0.1, 0.15) is 114 Å². The number of ether oxygens (including phenoxy) is 5. The maximum absolute atomic E-state index is 12.8. The molecule has 12 atom stereocenters. The Labute approximate surface area is 296 Å². The summed E-state index contributed by atoms with van der Waals surface area (Å²) in [6, 6.07) is 0. The Kier molecular flexibility index (Phi) is 8.79. The van der Waals surface area contributed by atoms with E-state index in [2.05, 4.69) is 27.4 Å². The van der Waals surface area contributed by atoms with Gasteiger partial charge in [0.1, 0.15) is 5.60 Å². The number of carbonyl (C=O) groups is 2. The largest absolute Gasteiger partial charge is 0.444 e. The first-order valence-corrected chi connectivity index (χ1v) is 19.4. The quantitative estimate of drug-likeness (QED) is 0.271. The van der Waals surface area contributed by atoms with Gasteiger partial charge in [-0.05, 0) is 143 Å². The molecule has 2 heterocycles. The number of hydrogen-bond donors (Lipinski definition) is 0. The van der Waals surface area contributed by atoms with Crippen LogP contribution in [0.25, 0.3) is 0 Å². The van der Waals surface area contributed by atoms with Crippen molar-refractivity contribution in [3.05, 3.63) is 12.2 Å². The maximum atomic E-state index is 12.8. The Morgan fingerprint density at radius 1 is 0.980 bits per heavy atom. The number of fused-ring (bicyclic) bond motifs is 4. The molecule has 2 amide bonds. The summed E-state index contributed by atoms with van der Waals surface area (Å²) in [5, 5.41) is 0. The summed E-state index contributed by atoms with van der Waals surface area (Å²) in [6.45, 7) is 20.8. The fraction of sp³-hybridized carbons (Fsp3) is 0.900. The predicted molar refractivity (Wildman–Crippen MR) is 189 cm³/mol. The second-order valence-electron chi connectivity index (χ2n) is 19.2. The highest BCUT2D eigenvalue weighted by atomic mass is 16.7. The third-order valence-electron chi connectivity index (χ3n) is 15.0. The van der Waals surface area contributed by atoms with E-state index in [4.69, 9.17) is 23.7 Å². The number of amides is 2. The van der Waals surface area contributed by atoms with Gasteiger partial charge in [-0.15, -0.1) is 0 Å². The van der Waals surface area contributed by atoms with Crippen LogP contribution in [0.3, 0.4) is 0 Å². The third kappa shape index (κ3) is 5.75. The van der Waals surface area contributed by atoms with Crippen LogP contribution in [0.4, 0.5) is 9.59 Å². The monoisotopic (exact) mass is 686 g/mol. The average molecular weight is 687 g/mol. The van der Waals surface area contributed by atoms with E-state index in [9.17, 15) is 9.59 Å². The van der Waals surface area contributed by atoms with E-state index in [0.29, 0.717) is 53.7 Å². The molecule has 7 aliphatic rings. The maximum Gasteiger partial charge on any atom is 0.410 e. The van der Waals surface area contributed by atoms with Crippen molar-refractivity contribution in [3.8, 4) is 0 Å². The summed E-state index contributed by atoms with van der Waals surface area (Å²) in [5.41, 5.74) is 1.55. The molecule has 0 aromatic rings. The Morgan fingerprint density at radius 3 is 2.41 bits per heavy atom. The topological polar surface area (TPSA) is 86.8 Å². The molecule has 7 rings (SSSR count). The van der Waals surface area contributed by atoms with Crippen molar-refractivity contribution in [2.75, 3.05) is 33.8 Å². The second kappa shape index (κ2) is 12.1. The van der Waals surface area contributed by atoms with Crippen LogP contribution in [0.5, 0.6) is 0 Å². The minimum atomic E-state index is -0.525. The van der Waals surface area contributed by atoms with Gasteiger partial charge in [-0.3, -0.25) is 0 Å². The zero-order chi connectivity index (χ0) is 35.3. The van der Waals surface area contributed by atoms with Crippen molar-refractivity contribution in [1.82, 2.24) is 9.80 Å². The molecule has 49 heavy (non-hydrogen) atoms. The Morgan fingerprint density at radius 2 is 1.71 bits per heavy atom. The molecule has 278 valence electrons. The first-order valence-electron chi connectivity index (χ1n) is 19.4. The fourth-order valence-electron chi connectivity index (χ4n) is 12.8. The van der Waals surface area contributed by atoms with Gasteiger partial charge in [0.05, 0.1) is 31.5 Å². The van der Waals surface area contributed by atoms with Crippen LogP contribution in [0.2, 0.25) is 0 Å². The Bertz CT molecular complexity index is 1330. The highest BCUT2D eigenvalue weighted by Crippen LogP contribution is 2.87. The summed E-state index contributed by atoms with van der Waals surface area (Å²) in [4.78, 5) is 28.6. The highest BCUT2D eigenvalue weighted by molar-refractivity contribution is 5.68. The molecule has 2 saturated heterocycles. The zero-order valence-corrected chi connectivity index (χ0v) is 31.8. The van der Waals surface area contributed by atoms with Gasteiger partial charge in [0.2, 0.25) is 0 Å². The SMILES string of the molecule is C=C(C)[C@@H](OC(=O)N(C)C)C1CCC2C(CC3C4CCC5C(C)(C)[C@@H](OC6CN(C(=O)OC(C)(C)C)CCO6)CC[C@@]56CC46CC[C@]23C)O1.[HH]. The molecule has 2 spiro atoms. The van der Waals surface area contributed by atoms with Crippen LogP contribution in [0.15, 0.2) is 12.2 Å². The first-order chi connectivity index (χ1) is 22.9. The van der Waals surface area contributed by atoms with Gasteiger partial charge in [0.15, 0.2) is 12.4 Å². The number of rotatable bonds is 5. The Balaban J connectivity index is 0.00000432. The lowest BCUT2D eigenvalue weighted by atomic mass is 9.46. The fourth-order valence-corrected chi connectivity index (χ4v) is 12.8. The summed E-state index contributed by atoms with van der Waals surface area (Å²) in [7, 11) is 3.45. The van der Waals surface area contributed by atoms with E-state index >= 15 is 0 Å². The molecule has 7 fully saturated rings. The molecular weight excluding hydrogens is 620 g/mol. The number of morpholine rings is 1. The van der Waals surface area contributed by atoms with Crippen molar-refractivity contribution < 1.29 is 34.7 Å². The smallest absolute Gasteiger partial charge is 0.410 e. The molecule has 0 aromatic heterocycles. The molecule has 0 radical (unpaired) electrons. The lowest BCUT2D eigenvalue weighted by molar-refractivity contribution is -0.243. The van der Waals surface area contributed by atoms with Crippen LogP contribution >= 0.6 is 0 Å². The summed E-state index contributed by atoms with van der Waals surface area (Å²) in [5.74, 6) is 2.66. The lowest BCUT2D eigenvalue weighted by Gasteiger charge is -2.60. The normalized spacial score (nSPS) is 44.2. The highest BCUT2D eigenvalue weighted by Gasteiger charge is 2.80. The number of nitrogens with zero attached hydrogens (tertiary/aromatic N) is 2. The minimum absolute atomic E-state index is 0. The third-order valence-corrected chi connectivity index (χ3v) is 15.0. The van der Waals surface area contributed by atoms with Crippen LogP contribution in [-0.2, 0) is 23.7 Å². The van der Waals surface area contributed by atoms with Crippen molar-refractivity contribution in [2.24, 2.45) is 45.3 Å². The molecule has 0 N–H and O–H groups in total. The second-order valence-corrected chi connectivity index (χ2v) is 19.2. The van der Waals surface area contributed by atoms with Gasteiger partial charge in [0.25, 0.3) is 0 Å². The van der Waals surface area contributed by atoms with Gasteiger partial charge in [0, 0.05) is 22.1 Å². The van der Waals surface area contributed by atoms with Crippen molar-refractivity contribution >= 4 is 12.2 Å². The lowest BCUT2D eigenvalue weighted by Crippen LogP contribution is -2.56. The van der Waals surface area contributed by atoms with Gasteiger partial charge in [-0.25, -0.2) is 9.59 Å². The van der Waals surface area contributed by atoms with Crippen LogP contribution in [-0.4, -0.2) is 92.1 Å². The summed E-state index contributed by atoms with van der Waals surface area (Å²) in [6.07, 6.45) is 10.8. The molecule has 2 aliphatic heterocycles. The number of hydrogen-bond acceptors (Lipinski definition) is 7. The van der Waals surface area contributed by atoms with Gasteiger partial charge >= 0.3 is 12.2 Å². The van der Waals surface area contributed by atoms with E-state index < -0.39 is 18.0 Å². The molecule has 8 unspecified atom stereocenters. The van der Waals surface area contributed by atoms with Crippen molar-refractivity contribution in [2.45, 2.75) is 149 Å². The minimum Gasteiger partial charge on any atom is -0.444 e. The summed E-state index contributed by atoms with van der Waals surface area (Å²) >= 11 is 0. The first kappa shape index (κ1) is 35.6. The van der Waals surface area contributed by atoms with Gasteiger partial charge in [-0.2, -0.15) is 0 Å². The average Bonchev–Trinajstić information content (AvgIpc) is 3.60. The molecular formula is C40H66N2O7. The van der Waals surface area contributed by atoms with Crippen molar-refractivity contribution in [3.63, 3.8) is 0 Å². The predicted octanol–water partition coefficient (Wildman–Crippen LogP) is 8.06. The van der Waals surface area contributed by atoms with E-state index in [1.807, 2.05) is 27.7 Å². The number of carbonyl (C=O) groups excluding carboxylic acids is 2. The van der Waals surface area contributed by atoms with E-state index in [1.54, 1.807) is 19.0 Å². The molecule has 9 nitrogen and oxygen atoms in total. The van der Waals surface area contributed by atoms with E-state index in [1.165, 1.54) is 43.4 Å². The molecule has 9 heteroatoms. The molecule has 5 aliphatic carbocycles. The molecule has 5 saturated carbocycles. The molecule has 0 bridgehead atoms. The van der Waals surface area contributed by atoms with E-state index in [0.717, 1.165) is 37.2 Å². The van der Waals surface area contributed by atoms with Crippen LogP contribution in [0, 0.1) is 45.3 Å². The standard InChI is InChI=1S/C40H64N2O7.H2/c1-24(2)33(48-34(43)41(9)10)28-13-11-26-29(46-28)21-27-25-12-14-30-37(6,7)31(15-16-40(30)23-39(25,40)18-17-38(26,27)8)47-32-22-42(19-20-45-32)35(44)49-36(3,4)5;/h25-33H,1,11-23H2,2-10H3;1H/t25?,26?,27?,28?,29?,30?,31-,32?,33+,38+,39?,40+;/m0./s1. The molecule has 0 aromatic carbocycles. The van der Waals surface area contributed by atoms with Crippen LogP contribution < -0.4 is 0 Å². The Hall–Kier alpha value is -1.84. The van der Waals surface area contributed by atoms with Gasteiger partial charge < -0.3 is 33.5 Å². The van der Waals surface area contributed by atoms with Gasteiger partial charge in [-0.1, -0.05) is 27.4 Å². The van der Waals surface area contributed by atoms with Crippen molar-refractivity contribution in [1.29, 1.82) is 0 Å². The van der Waals surface area contributed by atoms with E-state index in [-0.39, 0.29) is 37.3 Å². The summed E-state index contributed by atoms with van der Waals surface area (Å²) < 4.78 is 31.4.